The molecule has 1 heterocycles. The molecule has 2 nitrogen and oxygen atoms in total. The lowest BCUT2D eigenvalue weighted by molar-refractivity contribution is 0.303. The maximum absolute atomic E-state index is 6.07. The Morgan fingerprint density at radius 2 is 1.82 bits per heavy atom. The minimum Gasteiger partial charge on any atom is -0.494 e. The maximum atomic E-state index is 6.07. The van der Waals surface area contributed by atoms with Crippen LogP contribution in [0.3, 0.4) is 0 Å². The number of anilines is 1. The van der Waals surface area contributed by atoms with E-state index in [0.29, 0.717) is 17.9 Å². The van der Waals surface area contributed by atoms with Gasteiger partial charge < -0.3 is 10.1 Å². The molecule has 1 aliphatic heterocycles. The van der Waals surface area contributed by atoms with Crippen LogP contribution in [-0.2, 0) is 0 Å². The number of ether oxygens (including phenoxy) is 1. The molecule has 3 atom stereocenters. The van der Waals surface area contributed by atoms with Crippen LogP contribution in [0.1, 0.15) is 74.1 Å². The van der Waals surface area contributed by atoms with E-state index in [2.05, 4.69) is 73.8 Å². The predicted octanol–water partition coefficient (Wildman–Crippen LogP) is 7.17. The number of allylic oxidation sites excluding steroid dienone is 2. The molecular formula is C26H33NO. The third-order valence-electron chi connectivity index (χ3n) is 6.29. The molecular weight excluding hydrogens is 342 g/mol. The summed E-state index contributed by atoms with van der Waals surface area (Å²) < 4.78 is 6.07. The highest BCUT2D eigenvalue weighted by molar-refractivity contribution is 5.61. The van der Waals surface area contributed by atoms with Crippen molar-refractivity contribution in [2.45, 2.75) is 64.3 Å². The van der Waals surface area contributed by atoms with Gasteiger partial charge in [0.05, 0.1) is 12.6 Å². The summed E-state index contributed by atoms with van der Waals surface area (Å²) in [6.45, 7) is 5.23. The standard InChI is InChI=1S/C26H33NO/c1-3-4-5-6-7-17-28-21-15-16-25-24(18-21)22-9-8-10-23(22)26(27-25)20-13-11-19(2)12-14-20/h8-9,11-16,18,22-23,26-27H,3-7,10,17H2,1-2H3. The van der Waals surface area contributed by atoms with Crippen LogP contribution in [0.5, 0.6) is 5.75 Å². The fourth-order valence-electron chi connectivity index (χ4n) is 4.66. The van der Waals surface area contributed by atoms with Gasteiger partial charge in [-0.15, -0.1) is 0 Å². The summed E-state index contributed by atoms with van der Waals surface area (Å²) in [4.78, 5) is 0. The van der Waals surface area contributed by atoms with Crippen molar-refractivity contribution in [3.63, 3.8) is 0 Å². The summed E-state index contributed by atoms with van der Waals surface area (Å²) in [5.74, 6) is 2.08. The molecule has 4 rings (SSSR count). The molecule has 2 aromatic carbocycles. The van der Waals surface area contributed by atoms with Crippen LogP contribution in [0.2, 0.25) is 0 Å². The first-order valence-corrected chi connectivity index (χ1v) is 11.0. The number of fused-ring (bicyclic) bond motifs is 3. The molecule has 0 spiro atoms. The molecule has 2 aromatic rings. The molecule has 2 aliphatic rings. The van der Waals surface area contributed by atoms with Crippen LogP contribution in [0.4, 0.5) is 5.69 Å². The van der Waals surface area contributed by atoms with Crippen LogP contribution in [0.25, 0.3) is 0 Å². The van der Waals surface area contributed by atoms with Crippen molar-refractivity contribution in [3.8, 4) is 5.75 Å². The molecule has 3 unspecified atom stereocenters. The summed E-state index contributed by atoms with van der Waals surface area (Å²) >= 11 is 0. The minimum atomic E-state index is 0.374. The smallest absolute Gasteiger partial charge is 0.119 e. The fraction of sp³-hybridized carbons (Fsp3) is 0.462. The molecule has 2 heteroatoms. The monoisotopic (exact) mass is 375 g/mol. The van der Waals surface area contributed by atoms with Crippen LogP contribution < -0.4 is 10.1 Å². The zero-order valence-electron chi connectivity index (χ0n) is 17.3. The van der Waals surface area contributed by atoms with Gasteiger partial charge in [-0.2, -0.15) is 0 Å². The van der Waals surface area contributed by atoms with Gasteiger partial charge in [0.15, 0.2) is 0 Å². The Morgan fingerprint density at radius 3 is 2.64 bits per heavy atom. The topological polar surface area (TPSA) is 21.3 Å². The van der Waals surface area contributed by atoms with Gasteiger partial charge in [-0.3, -0.25) is 0 Å². The van der Waals surface area contributed by atoms with Crippen molar-refractivity contribution < 1.29 is 4.74 Å². The average Bonchev–Trinajstić information content (AvgIpc) is 3.21. The van der Waals surface area contributed by atoms with E-state index in [9.17, 15) is 0 Å². The highest BCUT2D eigenvalue weighted by atomic mass is 16.5. The summed E-state index contributed by atoms with van der Waals surface area (Å²) in [6, 6.07) is 16.0. The molecule has 0 amide bonds. The Labute approximate surface area is 170 Å². The first kappa shape index (κ1) is 19.1. The fourth-order valence-corrected chi connectivity index (χ4v) is 4.66. The third-order valence-corrected chi connectivity index (χ3v) is 6.29. The van der Waals surface area contributed by atoms with Gasteiger partial charge in [-0.05, 0) is 55.0 Å². The van der Waals surface area contributed by atoms with E-state index in [-0.39, 0.29) is 0 Å². The number of hydrogen-bond acceptors (Lipinski definition) is 2. The maximum Gasteiger partial charge on any atom is 0.119 e. The number of unbranched alkanes of at least 4 members (excludes halogenated alkanes) is 4. The average molecular weight is 376 g/mol. The van der Waals surface area contributed by atoms with Crippen molar-refractivity contribution in [2.75, 3.05) is 11.9 Å². The lowest BCUT2D eigenvalue weighted by Crippen LogP contribution is -2.29. The van der Waals surface area contributed by atoms with E-state index in [1.807, 2.05) is 0 Å². The number of hydrogen-bond donors (Lipinski definition) is 1. The van der Waals surface area contributed by atoms with E-state index in [1.165, 1.54) is 48.1 Å². The molecule has 148 valence electrons. The lowest BCUT2D eigenvalue weighted by atomic mass is 9.77. The van der Waals surface area contributed by atoms with E-state index in [4.69, 9.17) is 4.74 Å². The highest BCUT2D eigenvalue weighted by Crippen LogP contribution is 2.50. The van der Waals surface area contributed by atoms with Gasteiger partial charge in [-0.25, -0.2) is 0 Å². The van der Waals surface area contributed by atoms with Crippen molar-refractivity contribution in [1.82, 2.24) is 0 Å². The van der Waals surface area contributed by atoms with E-state index in [1.54, 1.807) is 0 Å². The van der Waals surface area contributed by atoms with Crippen LogP contribution in [0.15, 0.2) is 54.6 Å². The van der Waals surface area contributed by atoms with Crippen LogP contribution in [-0.4, -0.2) is 6.61 Å². The van der Waals surface area contributed by atoms with Crippen LogP contribution in [0, 0.1) is 12.8 Å². The Morgan fingerprint density at radius 1 is 1.00 bits per heavy atom. The van der Waals surface area contributed by atoms with Gasteiger partial charge >= 0.3 is 0 Å². The Bertz CT molecular complexity index is 808. The largest absolute Gasteiger partial charge is 0.494 e. The second-order valence-electron chi connectivity index (χ2n) is 8.40. The van der Waals surface area contributed by atoms with Gasteiger partial charge in [0.1, 0.15) is 5.75 Å². The second kappa shape index (κ2) is 8.86. The van der Waals surface area contributed by atoms with Crippen molar-refractivity contribution in [3.05, 3.63) is 71.3 Å². The third kappa shape index (κ3) is 4.11. The van der Waals surface area contributed by atoms with E-state index >= 15 is 0 Å². The highest BCUT2D eigenvalue weighted by Gasteiger charge is 2.37. The van der Waals surface area contributed by atoms with Gasteiger partial charge in [-0.1, -0.05) is 74.6 Å². The number of nitrogens with one attached hydrogen (secondary N) is 1. The lowest BCUT2D eigenvalue weighted by Gasteiger charge is -2.37. The molecule has 0 saturated heterocycles. The van der Waals surface area contributed by atoms with E-state index in [0.717, 1.165) is 25.2 Å². The quantitative estimate of drug-likeness (QED) is 0.390. The van der Waals surface area contributed by atoms with Gasteiger partial charge in [0.25, 0.3) is 0 Å². The van der Waals surface area contributed by atoms with Crippen molar-refractivity contribution in [2.24, 2.45) is 5.92 Å². The van der Waals surface area contributed by atoms with E-state index < -0.39 is 0 Å². The Kier molecular flexibility index (Phi) is 6.04. The molecule has 0 fully saturated rings. The Balaban J connectivity index is 1.46. The molecule has 0 saturated carbocycles. The Hall–Kier alpha value is -2.22. The summed E-state index contributed by atoms with van der Waals surface area (Å²) in [7, 11) is 0. The van der Waals surface area contributed by atoms with Gasteiger partial charge in [0, 0.05) is 11.6 Å². The number of benzene rings is 2. The summed E-state index contributed by atoms with van der Waals surface area (Å²) in [5, 5.41) is 3.83. The summed E-state index contributed by atoms with van der Waals surface area (Å²) in [6.07, 6.45) is 12.3. The first-order valence-electron chi connectivity index (χ1n) is 11.0. The predicted molar refractivity (Wildman–Crippen MR) is 118 cm³/mol. The van der Waals surface area contributed by atoms with Gasteiger partial charge in [0.2, 0.25) is 0 Å². The molecule has 28 heavy (non-hydrogen) atoms. The minimum absolute atomic E-state index is 0.374. The molecule has 1 N–H and O–H groups in total. The molecule has 0 aromatic heterocycles. The molecule has 1 aliphatic carbocycles. The zero-order chi connectivity index (χ0) is 19.3. The molecule has 0 bridgehead atoms. The second-order valence-corrected chi connectivity index (χ2v) is 8.40. The SMILES string of the molecule is CCCCCCCOc1ccc2c(c1)C1C=CCC1C(c1ccc(C)cc1)N2. The van der Waals surface area contributed by atoms with Crippen LogP contribution >= 0.6 is 0 Å². The van der Waals surface area contributed by atoms with Crippen molar-refractivity contribution in [1.29, 1.82) is 0 Å². The molecule has 0 radical (unpaired) electrons. The normalized spacial score (nSPS) is 22.4. The summed E-state index contributed by atoms with van der Waals surface area (Å²) in [5.41, 5.74) is 5.36. The number of rotatable bonds is 8. The number of aryl methyl sites for hydroxylation is 1. The zero-order valence-corrected chi connectivity index (χ0v) is 17.3. The van der Waals surface area contributed by atoms with Crippen molar-refractivity contribution >= 4 is 5.69 Å². The first-order chi connectivity index (χ1) is 13.8.